The van der Waals surface area contributed by atoms with Gasteiger partial charge in [0, 0.05) is 12.1 Å². The zero-order valence-corrected chi connectivity index (χ0v) is 12.0. The number of primary amides is 1. The lowest BCUT2D eigenvalue weighted by atomic mass is 9.85. The number of nitrogens with two attached hydrogens (primary N) is 1. The number of benzene rings is 2. The molecule has 22 heavy (non-hydrogen) atoms. The molecule has 2 aromatic carbocycles. The van der Waals surface area contributed by atoms with Crippen molar-refractivity contribution in [3.05, 3.63) is 101 Å². The second kappa shape index (κ2) is 6.22. The molecule has 2 N–H and O–H groups in total. The maximum absolute atomic E-state index is 11.4. The van der Waals surface area contributed by atoms with E-state index in [4.69, 9.17) is 5.73 Å². The van der Waals surface area contributed by atoms with Crippen LogP contribution >= 0.6 is 0 Å². The number of nitrogens with zero attached hydrogens (tertiary/aromatic N) is 1. The van der Waals surface area contributed by atoms with Gasteiger partial charge in [0.05, 0.1) is 0 Å². The van der Waals surface area contributed by atoms with Gasteiger partial charge in [-0.25, -0.2) is 0 Å². The summed E-state index contributed by atoms with van der Waals surface area (Å²) in [6.45, 7) is 0. The lowest BCUT2D eigenvalue weighted by Crippen LogP contribution is -2.14. The van der Waals surface area contributed by atoms with Crippen LogP contribution in [0.2, 0.25) is 0 Å². The van der Waals surface area contributed by atoms with E-state index in [2.05, 4.69) is 29.2 Å². The lowest BCUT2D eigenvalue weighted by Gasteiger charge is -2.19. The number of hydrogen-bond acceptors (Lipinski definition) is 2. The third-order valence-corrected chi connectivity index (χ3v) is 3.64. The molecule has 0 bridgehead atoms. The molecule has 0 aliphatic rings. The average Bonchev–Trinajstić information content (AvgIpc) is 2.57. The Labute approximate surface area is 129 Å². The van der Waals surface area contributed by atoms with Crippen molar-refractivity contribution < 1.29 is 4.79 Å². The van der Waals surface area contributed by atoms with Crippen molar-refractivity contribution in [1.29, 1.82) is 0 Å². The molecule has 1 heterocycles. The molecular formula is C19H16N2O. The summed E-state index contributed by atoms with van der Waals surface area (Å²) in [4.78, 5) is 15.4. The minimum absolute atomic E-state index is 0.0449. The van der Waals surface area contributed by atoms with Crippen molar-refractivity contribution in [3.8, 4) is 0 Å². The molecule has 3 aromatic rings. The molecule has 0 saturated carbocycles. The van der Waals surface area contributed by atoms with E-state index in [0.717, 1.165) is 16.7 Å². The Morgan fingerprint density at radius 2 is 1.36 bits per heavy atom. The van der Waals surface area contributed by atoms with Crippen LogP contribution in [-0.2, 0) is 0 Å². The Bertz CT molecular complexity index is 730. The third kappa shape index (κ3) is 2.88. The molecule has 3 heteroatoms. The number of carbonyl (C=O) groups excluding carboxylic acids is 1. The van der Waals surface area contributed by atoms with Gasteiger partial charge in [-0.15, -0.1) is 0 Å². The van der Waals surface area contributed by atoms with Gasteiger partial charge in [0.25, 0.3) is 5.91 Å². The number of carbonyl (C=O) groups is 1. The largest absolute Gasteiger partial charge is 0.364 e. The second-order valence-corrected chi connectivity index (χ2v) is 5.09. The summed E-state index contributed by atoms with van der Waals surface area (Å²) in [7, 11) is 0. The van der Waals surface area contributed by atoms with Crippen molar-refractivity contribution in [2.75, 3.05) is 0 Å². The minimum atomic E-state index is -0.512. The Morgan fingerprint density at radius 3 is 1.86 bits per heavy atom. The van der Waals surface area contributed by atoms with E-state index >= 15 is 0 Å². The first kappa shape index (κ1) is 14.0. The monoisotopic (exact) mass is 288 g/mol. The Balaban J connectivity index is 2.14. The molecule has 0 atom stereocenters. The molecule has 1 amide bonds. The summed E-state index contributed by atoms with van der Waals surface area (Å²) in [6, 6.07) is 24.1. The van der Waals surface area contributed by atoms with Crippen molar-refractivity contribution in [1.82, 2.24) is 4.98 Å². The molecule has 0 aliphatic heterocycles. The smallest absolute Gasteiger partial charge is 0.267 e. The molecule has 0 spiro atoms. The highest BCUT2D eigenvalue weighted by Gasteiger charge is 2.17. The normalized spacial score (nSPS) is 10.6. The molecule has 0 saturated heterocycles. The summed E-state index contributed by atoms with van der Waals surface area (Å²) < 4.78 is 0. The highest BCUT2D eigenvalue weighted by molar-refractivity contribution is 5.90. The molecule has 0 aliphatic carbocycles. The van der Waals surface area contributed by atoms with Crippen LogP contribution in [0.15, 0.2) is 79.0 Å². The molecule has 108 valence electrons. The van der Waals surface area contributed by atoms with Crippen LogP contribution in [-0.4, -0.2) is 10.9 Å². The van der Waals surface area contributed by atoms with Crippen molar-refractivity contribution >= 4 is 5.91 Å². The third-order valence-electron chi connectivity index (χ3n) is 3.64. The summed E-state index contributed by atoms with van der Waals surface area (Å²) in [5, 5.41) is 0. The summed E-state index contributed by atoms with van der Waals surface area (Å²) in [5.41, 5.74) is 8.97. The van der Waals surface area contributed by atoms with Crippen LogP contribution < -0.4 is 5.73 Å². The highest BCUT2D eigenvalue weighted by Crippen LogP contribution is 2.31. The van der Waals surface area contributed by atoms with Gasteiger partial charge in [0.15, 0.2) is 0 Å². The maximum atomic E-state index is 11.4. The van der Waals surface area contributed by atoms with Crippen LogP contribution in [0.5, 0.6) is 0 Å². The fourth-order valence-corrected chi connectivity index (χ4v) is 2.63. The van der Waals surface area contributed by atoms with Gasteiger partial charge in [-0.2, -0.15) is 0 Å². The van der Waals surface area contributed by atoms with Gasteiger partial charge in [-0.1, -0.05) is 60.7 Å². The number of rotatable bonds is 4. The molecule has 3 nitrogen and oxygen atoms in total. The van der Waals surface area contributed by atoms with Crippen molar-refractivity contribution in [3.63, 3.8) is 0 Å². The van der Waals surface area contributed by atoms with Crippen molar-refractivity contribution in [2.24, 2.45) is 5.73 Å². The Kier molecular flexibility index (Phi) is 3.97. The van der Waals surface area contributed by atoms with Crippen LogP contribution in [0, 0.1) is 0 Å². The fraction of sp³-hybridized carbons (Fsp3) is 0.0526. The quantitative estimate of drug-likeness (QED) is 0.800. The first-order valence-corrected chi connectivity index (χ1v) is 7.11. The van der Waals surface area contributed by atoms with Gasteiger partial charge in [0.2, 0.25) is 0 Å². The standard InChI is InChI=1S/C19H16N2O/c20-19(22)17-13-16(11-12-21-17)18(14-7-3-1-4-8-14)15-9-5-2-6-10-15/h1-13,18H,(H2,20,22). The maximum Gasteiger partial charge on any atom is 0.267 e. The summed E-state index contributed by atoms with van der Waals surface area (Å²) in [5.74, 6) is -0.467. The topological polar surface area (TPSA) is 56.0 Å². The van der Waals surface area contributed by atoms with E-state index in [0.29, 0.717) is 0 Å². The van der Waals surface area contributed by atoms with E-state index < -0.39 is 5.91 Å². The first-order valence-electron chi connectivity index (χ1n) is 7.11. The van der Waals surface area contributed by atoms with Crippen LogP contribution in [0.1, 0.15) is 33.1 Å². The zero-order chi connectivity index (χ0) is 15.4. The minimum Gasteiger partial charge on any atom is -0.364 e. The fourth-order valence-electron chi connectivity index (χ4n) is 2.63. The Hall–Kier alpha value is -2.94. The molecule has 0 unspecified atom stereocenters. The number of pyridine rings is 1. The SMILES string of the molecule is NC(=O)c1cc(C(c2ccccc2)c2ccccc2)ccn1. The molecule has 0 radical (unpaired) electrons. The highest BCUT2D eigenvalue weighted by atomic mass is 16.1. The van der Waals surface area contributed by atoms with Gasteiger partial charge >= 0.3 is 0 Å². The van der Waals surface area contributed by atoms with E-state index in [1.54, 1.807) is 12.3 Å². The van der Waals surface area contributed by atoms with E-state index in [9.17, 15) is 4.79 Å². The van der Waals surface area contributed by atoms with Crippen LogP contribution in [0.25, 0.3) is 0 Å². The van der Waals surface area contributed by atoms with E-state index in [-0.39, 0.29) is 11.6 Å². The summed E-state index contributed by atoms with van der Waals surface area (Å²) >= 11 is 0. The Morgan fingerprint density at radius 1 is 0.818 bits per heavy atom. The number of amides is 1. The molecule has 0 fully saturated rings. The molecular weight excluding hydrogens is 272 g/mol. The lowest BCUT2D eigenvalue weighted by molar-refractivity contribution is 0.0995. The number of hydrogen-bond donors (Lipinski definition) is 1. The van der Waals surface area contributed by atoms with Gasteiger partial charge < -0.3 is 5.73 Å². The van der Waals surface area contributed by atoms with Crippen LogP contribution in [0.4, 0.5) is 0 Å². The van der Waals surface area contributed by atoms with Gasteiger partial charge in [-0.3, -0.25) is 9.78 Å². The summed E-state index contributed by atoms with van der Waals surface area (Å²) in [6.07, 6.45) is 1.63. The predicted octanol–water partition coefficient (Wildman–Crippen LogP) is 3.36. The molecule has 1 aromatic heterocycles. The predicted molar refractivity (Wildman–Crippen MR) is 86.6 cm³/mol. The zero-order valence-electron chi connectivity index (χ0n) is 12.0. The number of aromatic nitrogens is 1. The van der Waals surface area contributed by atoms with E-state index in [1.807, 2.05) is 42.5 Å². The van der Waals surface area contributed by atoms with Crippen molar-refractivity contribution in [2.45, 2.75) is 5.92 Å². The second-order valence-electron chi connectivity index (χ2n) is 5.09. The molecule has 3 rings (SSSR count). The van der Waals surface area contributed by atoms with E-state index in [1.165, 1.54) is 0 Å². The van der Waals surface area contributed by atoms with Crippen LogP contribution in [0.3, 0.4) is 0 Å². The first-order chi connectivity index (χ1) is 10.8. The van der Waals surface area contributed by atoms with Gasteiger partial charge in [-0.05, 0) is 28.8 Å². The van der Waals surface area contributed by atoms with Gasteiger partial charge in [0.1, 0.15) is 5.69 Å². The average molecular weight is 288 g/mol.